The monoisotopic (exact) mass is 363 g/mol. The van der Waals surface area contributed by atoms with E-state index in [1.165, 1.54) is 6.08 Å². The van der Waals surface area contributed by atoms with Crippen LogP contribution in [0.25, 0.3) is 6.08 Å². The number of nitrogens with one attached hydrogen (secondary N) is 2. The third-order valence-corrected chi connectivity index (χ3v) is 4.71. The highest BCUT2D eigenvalue weighted by Gasteiger charge is 2.52. The first kappa shape index (κ1) is 18.4. The molecule has 3 rings (SSSR count). The van der Waals surface area contributed by atoms with E-state index in [1.54, 1.807) is 30.3 Å². The molecule has 27 heavy (non-hydrogen) atoms. The lowest BCUT2D eigenvalue weighted by atomic mass is 9.87. The molecule has 1 aliphatic rings. The molecule has 1 fully saturated rings. The molecule has 1 heterocycles. The largest absolute Gasteiger partial charge is 0.344 e. The number of rotatable bonds is 5. The number of nitrogens with zero attached hydrogens (tertiary/aromatic N) is 1. The third kappa shape index (κ3) is 3.46. The molecule has 138 valence electrons. The highest BCUT2D eigenvalue weighted by atomic mass is 16.2. The van der Waals surface area contributed by atoms with Crippen LogP contribution in [-0.4, -0.2) is 22.9 Å². The van der Waals surface area contributed by atoms with Crippen LogP contribution < -0.4 is 10.7 Å². The van der Waals surface area contributed by atoms with Crippen LogP contribution in [0.2, 0.25) is 0 Å². The van der Waals surface area contributed by atoms with E-state index in [9.17, 15) is 14.4 Å². The summed E-state index contributed by atoms with van der Waals surface area (Å²) in [5, 5.41) is 3.47. The second-order valence-electron chi connectivity index (χ2n) is 6.36. The minimum atomic E-state index is -1.18. The van der Waals surface area contributed by atoms with Crippen molar-refractivity contribution in [2.75, 3.05) is 0 Å². The molecule has 0 radical (unpaired) electrons. The molecule has 2 N–H and O–H groups in total. The molecule has 4 amide bonds. The Morgan fingerprint density at radius 3 is 2.44 bits per heavy atom. The van der Waals surface area contributed by atoms with Gasteiger partial charge in [0.25, 0.3) is 11.8 Å². The number of hydrogen-bond acceptors (Lipinski definition) is 3. The highest BCUT2D eigenvalue weighted by molar-refractivity contribution is 6.09. The SMILES string of the molecule is CC[C@@]1(c2ccccc2)NC(=O)N(NC(=O)/C=C/c2ccccc2C)C1=O. The third-order valence-electron chi connectivity index (χ3n) is 4.71. The van der Waals surface area contributed by atoms with Gasteiger partial charge in [0, 0.05) is 6.08 Å². The first-order valence-electron chi connectivity index (χ1n) is 8.74. The van der Waals surface area contributed by atoms with Gasteiger partial charge in [-0.05, 0) is 36.1 Å². The van der Waals surface area contributed by atoms with Crippen molar-refractivity contribution in [2.45, 2.75) is 25.8 Å². The Morgan fingerprint density at radius 1 is 1.11 bits per heavy atom. The zero-order chi connectivity index (χ0) is 19.4. The van der Waals surface area contributed by atoms with Gasteiger partial charge in [0.05, 0.1) is 0 Å². The lowest BCUT2D eigenvalue weighted by molar-refractivity contribution is -0.138. The summed E-state index contributed by atoms with van der Waals surface area (Å²) in [6.45, 7) is 3.75. The Morgan fingerprint density at radius 2 is 1.78 bits per heavy atom. The Bertz CT molecular complexity index is 908. The van der Waals surface area contributed by atoms with Crippen molar-refractivity contribution in [2.24, 2.45) is 0 Å². The number of carbonyl (C=O) groups is 3. The van der Waals surface area contributed by atoms with Crippen molar-refractivity contribution in [3.05, 3.63) is 77.4 Å². The molecule has 0 bridgehead atoms. The summed E-state index contributed by atoms with van der Waals surface area (Å²) in [5.74, 6) is -1.06. The molecule has 1 atom stereocenters. The Labute approximate surface area is 157 Å². The van der Waals surface area contributed by atoms with Crippen molar-refractivity contribution in [3.8, 4) is 0 Å². The van der Waals surface area contributed by atoms with Crippen LogP contribution in [0.15, 0.2) is 60.7 Å². The van der Waals surface area contributed by atoms with Crippen LogP contribution in [0.4, 0.5) is 4.79 Å². The molecule has 0 saturated carbocycles. The Balaban J connectivity index is 1.78. The molecule has 6 heteroatoms. The van der Waals surface area contributed by atoms with Crippen molar-refractivity contribution in [1.82, 2.24) is 15.8 Å². The van der Waals surface area contributed by atoms with E-state index in [4.69, 9.17) is 0 Å². The molecular formula is C21H21N3O3. The smallest absolute Gasteiger partial charge is 0.318 e. The molecule has 0 unspecified atom stereocenters. The minimum absolute atomic E-state index is 0.368. The van der Waals surface area contributed by atoms with Gasteiger partial charge in [0.2, 0.25) is 0 Å². The minimum Gasteiger partial charge on any atom is -0.318 e. The van der Waals surface area contributed by atoms with Crippen LogP contribution in [0.3, 0.4) is 0 Å². The first-order chi connectivity index (χ1) is 13.0. The number of carbonyl (C=O) groups excluding carboxylic acids is 3. The maximum absolute atomic E-state index is 12.9. The quantitative estimate of drug-likeness (QED) is 0.633. The van der Waals surface area contributed by atoms with E-state index in [0.29, 0.717) is 12.0 Å². The van der Waals surface area contributed by atoms with E-state index in [0.717, 1.165) is 16.1 Å². The zero-order valence-electron chi connectivity index (χ0n) is 15.2. The summed E-state index contributed by atoms with van der Waals surface area (Å²) in [6.07, 6.45) is 3.32. The van der Waals surface area contributed by atoms with Crippen LogP contribution in [0, 0.1) is 6.92 Å². The Hall–Kier alpha value is -3.41. The molecule has 1 saturated heterocycles. The number of hydrazine groups is 1. The van der Waals surface area contributed by atoms with Gasteiger partial charge in [-0.2, -0.15) is 5.01 Å². The maximum atomic E-state index is 12.9. The van der Waals surface area contributed by atoms with Crippen LogP contribution in [-0.2, 0) is 15.1 Å². The summed E-state index contributed by atoms with van der Waals surface area (Å²) in [6, 6.07) is 16.0. The van der Waals surface area contributed by atoms with E-state index in [2.05, 4.69) is 10.7 Å². The van der Waals surface area contributed by atoms with E-state index in [1.807, 2.05) is 44.2 Å². The fraction of sp³-hybridized carbons (Fsp3) is 0.190. The number of hydrogen-bond donors (Lipinski definition) is 2. The van der Waals surface area contributed by atoms with Gasteiger partial charge in [-0.3, -0.25) is 15.0 Å². The summed E-state index contributed by atoms with van der Waals surface area (Å²) >= 11 is 0. The van der Waals surface area contributed by atoms with E-state index < -0.39 is 23.4 Å². The van der Waals surface area contributed by atoms with Gasteiger partial charge in [0.15, 0.2) is 0 Å². The number of aryl methyl sites for hydroxylation is 1. The van der Waals surface area contributed by atoms with Gasteiger partial charge in [0.1, 0.15) is 5.54 Å². The first-order valence-corrected chi connectivity index (χ1v) is 8.74. The lowest BCUT2D eigenvalue weighted by Gasteiger charge is -2.25. The van der Waals surface area contributed by atoms with E-state index in [-0.39, 0.29) is 0 Å². The molecule has 1 aliphatic heterocycles. The number of amides is 4. The maximum Gasteiger partial charge on any atom is 0.344 e. The van der Waals surface area contributed by atoms with Crippen molar-refractivity contribution < 1.29 is 14.4 Å². The van der Waals surface area contributed by atoms with Crippen LogP contribution >= 0.6 is 0 Å². The van der Waals surface area contributed by atoms with E-state index >= 15 is 0 Å². The Kier molecular flexibility index (Phi) is 5.07. The molecular weight excluding hydrogens is 342 g/mol. The molecule has 0 aliphatic carbocycles. The molecule has 2 aromatic rings. The number of urea groups is 1. The van der Waals surface area contributed by atoms with Gasteiger partial charge in [-0.25, -0.2) is 4.79 Å². The number of benzene rings is 2. The average Bonchev–Trinajstić information content (AvgIpc) is 2.93. The lowest BCUT2D eigenvalue weighted by Crippen LogP contribution is -2.48. The molecule has 6 nitrogen and oxygen atoms in total. The second kappa shape index (κ2) is 7.45. The summed E-state index contributed by atoms with van der Waals surface area (Å²) in [7, 11) is 0. The summed E-state index contributed by atoms with van der Waals surface area (Å²) in [5.41, 5.74) is 3.78. The molecule has 0 spiro atoms. The summed E-state index contributed by atoms with van der Waals surface area (Å²) in [4.78, 5) is 37.5. The van der Waals surface area contributed by atoms with Crippen molar-refractivity contribution >= 4 is 23.9 Å². The highest BCUT2D eigenvalue weighted by Crippen LogP contribution is 2.31. The van der Waals surface area contributed by atoms with Gasteiger partial charge < -0.3 is 5.32 Å². The topological polar surface area (TPSA) is 78.5 Å². The fourth-order valence-electron chi connectivity index (χ4n) is 3.13. The molecule has 2 aromatic carbocycles. The predicted molar refractivity (Wildman–Crippen MR) is 102 cm³/mol. The van der Waals surface area contributed by atoms with Crippen molar-refractivity contribution in [3.63, 3.8) is 0 Å². The van der Waals surface area contributed by atoms with Gasteiger partial charge in [-0.15, -0.1) is 0 Å². The predicted octanol–water partition coefficient (Wildman–Crippen LogP) is 2.90. The standard InChI is InChI=1S/C21H21N3O3/c1-3-21(17-11-5-4-6-12-17)19(26)24(20(27)22-21)23-18(25)14-13-16-10-8-7-9-15(16)2/h4-14H,3H2,1-2H3,(H,22,27)(H,23,25)/b14-13+/t21-/m0/s1. The van der Waals surface area contributed by atoms with Crippen LogP contribution in [0.1, 0.15) is 30.0 Å². The van der Waals surface area contributed by atoms with Gasteiger partial charge >= 0.3 is 6.03 Å². The molecule has 0 aromatic heterocycles. The summed E-state index contributed by atoms with van der Waals surface area (Å²) < 4.78 is 0. The normalized spacial score (nSPS) is 19.4. The van der Waals surface area contributed by atoms with Gasteiger partial charge in [-0.1, -0.05) is 61.5 Å². The second-order valence-corrected chi connectivity index (χ2v) is 6.36. The average molecular weight is 363 g/mol. The van der Waals surface area contributed by atoms with Crippen LogP contribution in [0.5, 0.6) is 0 Å². The van der Waals surface area contributed by atoms with Crippen molar-refractivity contribution in [1.29, 1.82) is 0 Å². The number of imide groups is 1. The fourth-order valence-corrected chi connectivity index (χ4v) is 3.13. The zero-order valence-corrected chi connectivity index (χ0v) is 15.2.